The van der Waals surface area contributed by atoms with Crippen molar-refractivity contribution in [2.75, 3.05) is 0 Å². The van der Waals surface area contributed by atoms with Crippen LogP contribution in [0.2, 0.25) is 0 Å². The Labute approximate surface area is 63.3 Å². The molecular weight excluding hydrogens is 147 g/mol. The molecule has 0 saturated carbocycles. The molecule has 58 valence electrons. The minimum absolute atomic E-state index is 0.0926. The summed E-state index contributed by atoms with van der Waals surface area (Å²) < 4.78 is 12.4. The molecule has 11 heavy (non-hydrogen) atoms. The molecule has 0 radical (unpaired) electrons. The van der Waals surface area contributed by atoms with E-state index >= 15 is 0 Å². The van der Waals surface area contributed by atoms with Gasteiger partial charge >= 0.3 is 0 Å². The second-order valence-electron chi connectivity index (χ2n) is 2.25. The molecule has 0 aromatic heterocycles. The number of aromatic carboxylic acids is 1. The summed E-state index contributed by atoms with van der Waals surface area (Å²) in [5.41, 5.74) is 0.413. The quantitative estimate of drug-likeness (QED) is 0.589. The molecule has 0 saturated heterocycles. The molecule has 0 N–H and O–H groups in total. The van der Waals surface area contributed by atoms with Gasteiger partial charge in [-0.1, -0.05) is 6.07 Å². The second kappa shape index (κ2) is 2.70. The van der Waals surface area contributed by atoms with Crippen molar-refractivity contribution in [2.45, 2.75) is 6.92 Å². The summed E-state index contributed by atoms with van der Waals surface area (Å²) in [6.07, 6.45) is 0. The number of carbonyl (C=O) groups excluding carboxylic acids is 1. The third-order valence-corrected chi connectivity index (χ3v) is 1.42. The first-order valence-electron chi connectivity index (χ1n) is 3.09. The highest BCUT2D eigenvalue weighted by molar-refractivity contribution is 5.87. The fraction of sp³-hybridized carbons (Fsp3) is 0.125. The van der Waals surface area contributed by atoms with Crippen LogP contribution in [0.5, 0.6) is 0 Å². The summed E-state index contributed by atoms with van der Waals surface area (Å²) in [6, 6.07) is 3.56. The average molecular weight is 153 g/mol. The molecule has 0 unspecified atom stereocenters. The molecule has 0 aliphatic heterocycles. The van der Waals surface area contributed by atoms with Gasteiger partial charge in [0.15, 0.2) is 0 Å². The van der Waals surface area contributed by atoms with Crippen LogP contribution in [-0.4, -0.2) is 5.97 Å². The number of benzene rings is 1. The van der Waals surface area contributed by atoms with E-state index in [2.05, 4.69) is 0 Å². The third-order valence-electron chi connectivity index (χ3n) is 1.42. The molecule has 0 amide bonds. The van der Waals surface area contributed by atoms with Gasteiger partial charge in [0.05, 0.1) is 5.97 Å². The summed E-state index contributed by atoms with van der Waals surface area (Å²) in [6.45, 7) is 1.59. The van der Waals surface area contributed by atoms with E-state index in [4.69, 9.17) is 0 Å². The summed E-state index contributed by atoms with van der Waals surface area (Å²) in [5.74, 6) is -1.91. The molecule has 0 spiro atoms. The van der Waals surface area contributed by atoms with Crippen LogP contribution in [0.1, 0.15) is 15.9 Å². The van der Waals surface area contributed by atoms with E-state index in [1.165, 1.54) is 12.1 Å². The molecule has 0 fully saturated rings. The van der Waals surface area contributed by atoms with E-state index < -0.39 is 11.8 Å². The minimum atomic E-state index is -1.35. The lowest BCUT2D eigenvalue weighted by molar-refractivity contribution is -0.255. The number of rotatable bonds is 1. The smallest absolute Gasteiger partial charge is 0.123 e. The van der Waals surface area contributed by atoms with E-state index in [9.17, 15) is 14.3 Å². The highest BCUT2D eigenvalue weighted by Gasteiger charge is 1.99. The Kier molecular flexibility index (Phi) is 1.89. The van der Waals surface area contributed by atoms with Gasteiger partial charge in [-0.15, -0.1) is 0 Å². The maximum atomic E-state index is 12.4. The standard InChI is InChI=1S/C8H7FO2/c1-5-2-3-6(9)4-7(5)8(10)11/h2-4H,1H3,(H,10,11)/p-1. The molecule has 0 aliphatic carbocycles. The van der Waals surface area contributed by atoms with Crippen molar-refractivity contribution < 1.29 is 14.3 Å². The van der Waals surface area contributed by atoms with Gasteiger partial charge in [-0.2, -0.15) is 0 Å². The van der Waals surface area contributed by atoms with Gasteiger partial charge in [0.1, 0.15) is 5.82 Å². The van der Waals surface area contributed by atoms with Crippen LogP contribution >= 0.6 is 0 Å². The number of carboxylic acids is 1. The van der Waals surface area contributed by atoms with Crippen molar-refractivity contribution in [3.8, 4) is 0 Å². The number of carboxylic acid groups (broad SMARTS) is 1. The molecule has 2 nitrogen and oxygen atoms in total. The predicted octanol–water partition coefficient (Wildman–Crippen LogP) is 0.498. The van der Waals surface area contributed by atoms with Crippen molar-refractivity contribution in [3.05, 3.63) is 35.1 Å². The lowest BCUT2D eigenvalue weighted by Crippen LogP contribution is -2.23. The van der Waals surface area contributed by atoms with Gasteiger partial charge in [-0.25, -0.2) is 4.39 Å². The Balaban J connectivity index is 3.23. The van der Waals surface area contributed by atoms with Crippen LogP contribution in [0.3, 0.4) is 0 Å². The summed E-state index contributed by atoms with van der Waals surface area (Å²) >= 11 is 0. The number of halogens is 1. The molecule has 0 heterocycles. The topological polar surface area (TPSA) is 40.1 Å². The van der Waals surface area contributed by atoms with Gasteiger partial charge in [-0.05, 0) is 24.6 Å². The number of hydrogen-bond acceptors (Lipinski definition) is 2. The van der Waals surface area contributed by atoms with Crippen molar-refractivity contribution >= 4 is 5.97 Å². The van der Waals surface area contributed by atoms with E-state index in [1.54, 1.807) is 6.92 Å². The van der Waals surface area contributed by atoms with Gasteiger partial charge in [-0.3, -0.25) is 0 Å². The van der Waals surface area contributed by atoms with E-state index in [-0.39, 0.29) is 5.56 Å². The highest BCUT2D eigenvalue weighted by atomic mass is 19.1. The Morgan fingerprint density at radius 1 is 1.55 bits per heavy atom. The van der Waals surface area contributed by atoms with Crippen LogP contribution in [0, 0.1) is 12.7 Å². The van der Waals surface area contributed by atoms with Crippen LogP contribution in [0.25, 0.3) is 0 Å². The van der Waals surface area contributed by atoms with Crippen molar-refractivity contribution in [1.82, 2.24) is 0 Å². The van der Waals surface area contributed by atoms with Gasteiger partial charge in [0, 0.05) is 5.56 Å². The van der Waals surface area contributed by atoms with E-state index in [1.807, 2.05) is 0 Å². The first-order valence-corrected chi connectivity index (χ1v) is 3.09. The van der Waals surface area contributed by atoms with Crippen LogP contribution in [0.15, 0.2) is 18.2 Å². The fourth-order valence-electron chi connectivity index (χ4n) is 0.814. The zero-order valence-corrected chi connectivity index (χ0v) is 5.93. The minimum Gasteiger partial charge on any atom is -0.545 e. The second-order valence-corrected chi connectivity index (χ2v) is 2.25. The predicted molar refractivity (Wildman–Crippen MR) is 35.5 cm³/mol. The molecular formula is C8H6FO2-. The van der Waals surface area contributed by atoms with Gasteiger partial charge in [0.2, 0.25) is 0 Å². The molecule has 1 rings (SSSR count). The number of carbonyl (C=O) groups is 1. The lowest BCUT2D eigenvalue weighted by Gasteiger charge is -2.05. The Morgan fingerprint density at radius 3 is 2.64 bits per heavy atom. The third kappa shape index (κ3) is 1.55. The van der Waals surface area contributed by atoms with Gasteiger partial charge < -0.3 is 9.90 Å². The largest absolute Gasteiger partial charge is 0.545 e. The molecule has 1 aromatic rings. The normalized spacial score (nSPS) is 9.64. The maximum Gasteiger partial charge on any atom is 0.123 e. The van der Waals surface area contributed by atoms with Gasteiger partial charge in [0.25, 0.3) is 0 Å². The summed E-state index contributed by atoms with van der Waals surface area (Å²) in [7, 11) is 0. The Bertz CT molecular complexity index is 294. The summed E-state index contributed by atoms with van der Waals surface area (Å²) in [5, 5.41) is 10.3. The molecule has 0 atom stereocenters. The van der Waals surface area contributed by atoms with Crippen molar-refractivity contribution in [3.63, 3.8) is 0 Å². The van der Waals surface area contributed by atoms with Crippen LogP contribution in [0.4, 0.5) is 4.39 Å². The number of aryl methyl sites for hydroxylation is 1. The maximum absolute atomic E-state index is 12.4. The monoisotopic (exact) mass is 153 g/mol. The molecule has 0 bridgehead atoms. The van der Waals surface area contributed by atoms with E-state index in [0.717, 1.165) is 6.07 Å². The van der Waals surface area contributed by atoms with Crippen LogP contribution < -0.4 is 5.11 Å². The molecule has 3 heteroatoms. The molecule has 0 aliphatic rings. The fourth-order valence-corrected chi connectivity index (χ4v) is 0.814. The van der Waals surface area contributed by atoms with E-state index in [0.29, 0.717) is 5.56 Å². The van der Waals surface area contributed by atoms with Crippen molar-refractivity contribution in [2.24, 2.45) is 0 Å². The Hall–Kier alpha value is -1.38. The SMILES string of the molecule is Cc1ccc(F)cc1C(=O)[O-]. The first kappa shape index (κ1) is 7.72. The lowest BCUT2D eigenvalue weighted by atomic mass is 10.1. The first-order chi connectivity index (χ1) is 5.11. The zero-order valence-electron chi connectivity index (χ0n) is 5.93. The number of hydrogen-bond donors (Lipinski definition) is 0. The van der Waals surface area contributed by atoms with Crippen LogP contribution in [-0.2, 0) is 0 Å². The highest BCUT2D eigenvalue weighted by Crippen LogP contribution is 2.08. The van der Waals surface area contributed by atoms with Crippen molar-refractivity contribution in [1.29, 1.82) is 0 Å². The summed E-state index contributed by atoms with van der Waals surface area (Å²) in [4.78, 5) is 10.3. The zero-order chi connectivity index (χ0) is 8.43. The average Bonchev–Trinajstić information content (AvgIpc) is 1.94. The molecule has 1 aromatic carbocycles. The Morgan fingerprint density at radius 2 is 2.18 bits per heavy atom.